The van der Waals surface area contributed by atoms with Gasteiger partial charge in [0, 0.05) is 6.42 Å². The third-order valence-corrected chi connectivity index (χ3v) is 16.4. The molecule has 0 aromatic rings. The summed E-state index contributed by atoms with van der Waals surface area (Å²) in [6.07, 6.45) is 104. The van der Waals surface area contributed by atoms with Gasteiger partial charge in [-0.15, -0.1) is 0 Å². The van der Waals surface area contributed by atoms with E-state index in [9.17, 15) is 15.0 Å². The second-order valence-corrected chi connectivity index (χ2v) is 24.3. The van der Waals surface area contributed by atoms with Crippen molar-refractivity contribution in [3.05, 3.63) is 85.1 Å². The maximum absolute atomic E-state index is 12.6. The van der Waals surface area contributed by atoms with E-state index in [1.807, 2.05) is 6.08 Å². The third kappa shape index (κ3) is 66.4. The molecule has 0 rings (SSSR count). The first kappa shape index (κ1) is 77.6. The van der Waals surface area contributed by atoms with E-state index in [1.165, 1.54) is 289 Å². The Morgan fingerprint density at radius 2 is 0.550 bits per heavy atom. The third-order valence-electron chi connectivity index (χ3n) is 16.4. The minimum Gasteiger partial charge on any atom is -0.394 e. The van der Waals surface area contributed by atoms with E-state index >= 15 is 0 Å². The zero-order valence-electron chi connectivity index (χ0n) is 53.8. The smallest absolute Gasteiger partial charge is 0.220 e. The van der Waals surface area contributed by atoms with Crippen molar-refractivity contribution < 1.29 is 15.0 Å². The average Bonchev–Trinajstić information content (AvgIpc) is 3.46. The monoisotopic (exact) mass is 1110 g/mol. The molecule has 0 aliphatic rings. The summed E-state index contributed by atoms with van der Waals surface area (Å²) in [4.78, 5) is 12.6. The fourth-order valence-corrected chi connectivity index (χ4v) is 11.0. The van der Waals surface area contributed by atoms with Gasteiger partial charge in [-0.05, 0) is 70.6 Å². The highest BCUT2D eigenvalue weighted by Gasteiger charge is 2.18. The van der Waals surface area contributed by atoms with Gasteiger partial charge in [0.1, 0.15) is 0 Å². The molecule has 4 nitrogen and oxygen atoms in total. The summed E-state index contributed by atoms with van der Waals surface area (Å²) in [5.74, 6) is -0.0586. The molecule has 0 fully saturated rings. The zero-order valence-corrected chi connectivity index (χ0v) is 53.8. The number of aliphatic hydroxyl groups excluding tert-OH is 2. The first-order chi connectivity index (χ1) is 39.7. The largest absolute Gasteiger partial charge is 0.394 e. The van der Waals surface area contributed by atoms with Gasteiger partial charge in [-0.3, -0.25) is 4.79 Å². The number of aliphatic hydroxyl groups is 2. The van der Waals surface area contributed by atoms with Crippen LogP contribution < -0.4 is 5.32 Å². The Bertz CT molecular complexity index is 1400. The standard InChI is InChI=1S/C76H139NO3/c1-3-5-7-9-11-13-15-17-19-21-23-25-27-29-31-33-34-35-36-37-38-39-40-41-42-44-46-48-50-52-54-56-58-60-62-64-66-68-70-72-76(80)77-74(73-78)75(79)71-69-67-65-63-61-59-57-55-53-51-49-47-45-43-32-30-28-26-24-22-20-18-16-14-12-10-8-6-4-2/h5,7,11,13,17,19,23,25,29,31,34-35,69,71,74-75,78-79H,3-4,6,8-10,12,14-16,18,20-22,24,26-28,30,32-33,36-68,70,72-73H2,1-2H3,(H,77,80)/b7-5-,13-11-,19-17-,25-23-,31-29-,35-34-,71-69+. The van der Waals surface area contributed by atoms with Crippen LogP contribution in [0.1, 0.15) is 373 Å². The highest BCUT2D eigenvalue weighted by molar-refractivity contribution is 5.76. The summed E-state index contributed by atoms with van der Waals surface area (Å²) in [5, 5.41) is 23.3. The Morgan fingerprint density at radius 3 is 0.825 bits per heavy atom. The van der Waals surface area contributed by atoms with E-state index in [1.54, 1.807) is 6.08 Å². The molecule has 0 heterocycles. The highest BCUT2D eigenvalue weighted by Crippen LogP contribution is 2.19. The number of unbranched alkanes of at least 4 members (excludes halogenated alkanes) is 47. The Labute approximate surface area is 501 Å². The summed E-state index contributed by atoms with van der Waals surface area (Å²) in [7, 11) is 0. The van der Waals surface area contributed by atoms with Crippen LogP contribution in [0.25, 0.3) is 0 Å². The summed E-state index contributed by atoms with van der Waals surface area (Å²) < 4.78 is 0. The lowest BCUT2D eigenvalue weighted by molar-refractivity contribution is -0.123. The van der Waals surface area contributed by atoms with Crippen molar-refractivity contribution in [2.45, 2.75) is 386 Å². The van der Waals surface area contributed by atoms with Crippen molar-refractivity contribution in [1.29, 1.82) is 0 Å². The van der Waals surface area contributed by atoms with E-state index in [-0.39, 0.29) is 12.5 Å². The molecule has 0 saturated heterocycles. The van der Waals surface area contributed by atoms with E-state index in [2.05, 4.69) is 92.1 Å². The minimum absolute atomic E-state index is 0.0586. The molecule has 1 amide bonds. The van der Waals surface area contributed by atoms with Crippen LogP contribution in [0.3, 0.4) is 0 Å². The van der Waals surface area contributed by atoms with Gasteiger partial charge in [-0.2, -0.15) is 0 Å². The van der Waals surface area contributed by atoms with Crippen LogP contribution in [0.4, 0.5) is 0 Å². The van der Waals surface area contributed by atoms with Crippen LogP contribution in [-0.4, -0.2) is 34.9 Å². The average molecular weight is 1110 g/mol. The molecule has 3 N–H and O–H groups in total. The van der Waals surface area contributed by atoms with Crippen molar-refractivity contribution in [3.8, 4) is 0 Å². The first-order valence-electron chi connectivity index (χ1n) is 35.8. The number of carbonyl (C=O) groups excluding carboxylic acids is 1. The fraction of sp³-hybridized carbons (Fsp3) is 0.803. The molecule has 0 radical (unpaired) electrons. The number of amides is 1. The Morgan fingerprint density at radius 1 is 0.312 bits per heavy atom. The maximum atomic E-state index is 12.6. The number of rotatable bonds is 66. The van der Waals surface area contributed by atoms with Crippen LogP contribution in [0.15, 0.2) is 85.1 Å². The van der Waals surface area contributed by atoms with Gasteiger partial charge in [0.05, 0.1) is 18.8 Å². The molecule has 0 saturated carbocycles. The molecule has 4 heteroatoms. The van der Waals surface area contributed by atoms with E-state index in [0.717, 1.165) is 64.2 Å². The molecule has 0 spiro atoms. The molecule has 0 aliphatic carbocycles. The summed E-state index contributed by atoms with van der Waals surface area (Å²) in [6, 6.07) is -0.626. The number of hydrogen-bond acceptors (Lipinski definition) is 3. The maximum Gasteiger partial charge on any atom is 0.220 e. The van der Waals surface area contributed by atoms with Crippen molar-refractivity contribution >= 4 is 5.91 Å². The van der Waals surface area contributed by atoms with Crippen molar-refractivity contribution in [2.75, 3.05) is 6.61 Å². The molecule has 0 aromatic heterocycles. The van der Waals surface area contributed by atoms with Gasteiger partial charge in [-0.25, -0.2) is 0 Å². The van der Waals surface area contributed by atoms with E-state index in [4.69, 9.17) is 0 Å². The normalized spacial score (nSPS) is 13.2. The van der Waals surface area contributed by atoms with E-state index < -0.39 is 12.1 Å². The van der Waals surface area contributed by atoms with Gasteiger partial charge in [0.25, 0.3) is 0 Å². The second-order valence-electron chi connectivity index (χ2n) is 24.3. The van der Waals surface area contributed by atoms with Crippen LogP contribution in [-0.2, 0) is 4.79 Å². The number of carbonyl (C=O) groups is 1. The Balaban J connectivity index is 3.44. The Hall–Kier alpha value is -2.43. The molecule has 0 bridgehead atoms. The predicted octanol–water partition coefficient (Wildman–Crippen LogP) is 24.6. The molecular formula is C76H139NO3. The van der Waals surface area contributed by atoms with Crippen molar-refractivity contribution in [3.63, 3.8) is 0 Å². The SMILES string of the molecule is CC/C=C\C/C=C\C/C=C\C/C=C\C/C=C\C/C=C\CCCCCCCCCCCCCCCCCCCCCCC(=O)NC(CO)C(O)/C=C/CCCCCCCCCCCCCCCCCCCCCCCCCCCCC. The second kappa shape index (κ2) is 70.8. The topological polar surface area (TPSA) is 69.6 Å². The number of nitrogens with one attached hydrogen (secondary N) is 1. The summed E-state index contributed by atoms with van der Waals surface area (Å²) in [5.41, 5.74) is 0. The number of allylic oxidation sites excluding steroid dienone is 13. The van der Waals surface area contributed by atoms with Gasteiger partial charge < -0.3 is 15.5 Å². The summed E-state index contributed by atoms with van der Waals surface area (Å²) >= 11 is 0. The molecule has 0 aliphatic heterocycles. The van der Waals surface area contributed by atoms with Crippen LogP contribution in [0.2, 0.25) is 0 Å². The molecule has 80 heavy (non-hydrogen) atoms. The molecule has 0 aromatic carbocycles. The van der Waals surface area contributed by atoms with Crippen LogP contribution >= 0.6 is 0 Å². The molecule has 2 unspecified atom stereocenters. The Kier molecular flexibility index (Phi) is 68.7. The van der Waals surface area contributed by atoms with Gasteiger partial charge in [0.15, 0.2) is 0 Å². The van der Waals surface area contributed by atoms with Gasteiger partial charge in [0.2, 0.25) is 5.91 Å². The lowest BCUT2D eigenvalue weighted by Gasteiger charge is -2.20. The lowest BCUT2D eigenvalue weighted by Crippen LogP contribution is -2.45. The first-order valence-corrected chi connectivity index (χ1v) is 35.8. The molecule has 466 valence electrons. The van der Waals surface area contributed by atoms with Crippen LogP contribution in [0.5, 0.6) is 0 Å². The quantitative estimate of drug-likeness (QED) is 0.0420. The summed E-state index contributed by atoms with van der Waals surface area (Å²) in [6.45, 7) is 4.23. The molecular weight excluding hydrogens is 975 g/mol. The van der Waals surface area contributed by atoms with Gasteiger partial charge >= 0.3 is 0 Å². The molecule has 2 atom stereocenters. The van der Waals surface area contributed by atoms with Crippen molar-refractivity contribution in [2.24, 2.45) is 0 Å². The number of hydrogen-bond donors (Lipinski definition) is 3. The van der Waals surface area contributed by atoms with E-state index in [0.29, 0.717) is 6.42 Å². The van der Waals surface area contributed by atoms with Gasteiger partial charge in [-0.1, -0.05) is 381 Å². The minimum atomic E-state index is -0.843. The fourth-order valence-electron chi connectivity index (χ4n) is 11.0. The van der Waals surface area contributed by atoms with Crippen molar-refractivity contribution in [1.82, 2.24) is 5.32 Å². The lowest BCUT2D eigenvalue weighted by atomic mass is 10.0. The predicted molar refractivity (Wildman–Crippen MR) is 359 cm³/mol. The zero-order chi connectivity index (χ0) is 57.6. The highest BCUT2D eigenvalue weighted by atomic mass is 16.3. The van der Waals surface area contributed by atoms with Crippen LogP contribution in [0, 0.1) is 0 Å².